The lowest BCUT2D eigenvalue weighted by Gasteiger charge is -2.37. The van der Waals surface area contributed by atoms with Gasteiger partial charge >= 0.3 is 5.97 Å². The van der Waals surface area contributed by atoms with Crippen LogP contribution in [0.5, 0.6) is 0 Å². The minimum absolute atomic E-state index is 0.175. The fourth-order valence-electron chi connectivity index (χ4n) is 3.91. The van der Waals surface area contributed by atoms with Crippen LogP contribution in [0.3, 0.4) is 0 Å². The molecule has 2 atom stereocenters. The summed E-state index contributed by atoms with van der Waals surface area (Å²) in [6.07, 6.45) is 2.63. The van der Waals surface area contributed by atoms with Crippen molar-refractivity contribution in [2.75, 3.05) is 5.32 Å². The molecule has 0 radical (unpaired) electrons. The predicted octanol–water partition coefficient (Wildman–Crippen LogP) is 4.80. The van der Waals surface area contributed by atoms with E-state index in [0.717, 1.165) is 5.76 Å². The maximum Gasteiger partial charge on any atom is 0.309 e. The maximum absolute atomic E-state index is 13.0. The number of furan rings is 1. The van der Waals surface area contributed by atoms with E-state index in [1.807, 2.05) is 51.1 Å². The molecule has 3 rings (SSSR count). The molecule has 0 bridgehead atoms. The lowest BCUT2D eigenvalue weighted by molar-refractivity contribution is -0.154. The average molecular weight is 382 g/mol. The first kappa shape index (κ1) is 19.9. The lowest BCUT2D eigenvalue weighted by atomic mass is 9.65. The van der Waals surface area contributed by atoms with Crippen molar-refractivity contribution in [1.82, 2.24) is 0 Å². The summed E-state index contributed by atoms with van der Waals surface area (Å²) in [7, 11) is 0. The third-order valence-corrected chi connectivity index (χ3v) is 6.27. The minimum Gasteiger partial charge on any atom is -0.481 e. The second kappa shape index (κ2) is 7.26. The zero-order chi connectivity index (χ0) is 20.5. The van der Waals surface area contributed by atoms with Crippen LogP contribution >= 0.6 is 0 Å². The molecule has 1 amide bonds. The Hall–Kier alpha value is -2.89. The zero-order valence-electron chi connectivity index (χ0n) is 16.7. The number of benzene rings is 1. The molecule has 1 aromatic heterocycles. The number of rotatable bonds is 5. The Morgan fingerprint density at radius 3 is 2.54 bits per heavy atom. The number of aryl methyl sites for hydroxylation is 1. The topological polar surface area (TPSA) is 91.9 Å². The number of amides is 1. The van der Waals surface area contributed by atoms with E-state index >= 15 is 0 Å². The monoisotopic (exact) mass is 382 g/mol. The number of carbonyl (C=O) groups excluding carboxylic acids is 1. The Morgan fingerprint density at radius 2 is 1.93 bits per heavy atom. The highest BCUT2D eigenvalue weighted by Crippen LogP contribution is 2.56. The van der Waals surface area contributed by atoms with Gasteiger partial charge in [-0.3, -0.25) is 14.6 Å². The second-order valence-corrected chi connectivity index (χ2v) is 8.16. The third kappa shape index (κ3) is 3.46. The first-order valence-corrected chi connectivity index (χ1v) is 9.39. The van der Waals surface area contributed by atoms with Crippen molar-refractivity contribution < 1.29 is 19.1 Å². The molecule has 0 saturated heterocycles. The number of nitrogens with zero attached hydrogens (tertiary/aromatic N) is 1. The summed E-state index contributed by atoms with van der Waals surface area (Å²) in [4.78, 5) is 29.2. The predicted molar refractivity (Wildman–Crippen MR) is 108 cm³/mol. The van der Waals surface area contributed by atoms with Gasteiger partial charge in [-0.2, -0.15) is 0 Å². The highest BCUT2D eigenvalue weighted by molar-refractivity contribution is 5.97. The standard InChI is InChI=1S/C22H26N2O4/c1-14-9-10-15(28-14)13-23-17-7-5-6-8-18(17)24-19(25)16-11-12-22(4,20(26)27)21(16,2)3/h5-10,13,16H,11-12H2,1-4H3,(H,24,25)(H,26,27). The van der Waals surface area contributed by atoms with Crippen LogP contribution in [0.15, 0.2) is 45.8 Å². The van der Waals surface area contributed by atoms with Crippen LogP contribution in [0.4, 0.5) is 11.4 Å². The van der Waals surface area contributed by atoms with Gasteiger partial charge in [0, 0.05) is 5.92 Å². The molecule has 28 heavy (non-hydrogen) atoms. The van der Waals surface area contributed by atoms with Gasteiger partial charge in [0.15, 0.2) is 0 Å². The molecular weight excluding hydrogens is 356 g/mol. The summed E-state index contributed by atoms with van der Waals surface area (Å²) in [5.74, 6) is 0.0112. The van der Waals surface area contributed by atoms with Gasteiger partial charge < -0.3 is 14.8 Å². The Labute approximate surface area is 164 Å². The van der Waals surface area contributed by atoms with Crippen molar-refractivity contribution in [2.45, 2.75) is 40.5 Å². The number of hydrogen-bond acceptors (Lipinski definition) is 4. The van der Waals surface area contributed by atoms with Gasteiger partial charge in [-0.05, 0) is 56.4 Å². The number of carbonyl (C=O) groups is 2. The van der Waals surface area contributed by atoms with Crippen molar-refractivity contribution in [3.05, 3.63) is 47.9 Å². The van der Waals surface area contributed by atoms with Gasteiger partial charge in [0.2, 0.25) is 5.91 Å². The van der Waals surface area contributed by atoms with Crippen LogP contribution in [-0.2, 0) is 9.59 Å². The Kier molecular flexibility index (Phi) is 5.15. The van der Waals surface area contributed by atoms with E-state index in [4.69, 9.17) is 4.42 Å². The van der Waals surface area contributed by atoms with E-state index in [1.54, 1.807) is 19.2 Å². The largest absolute Gasteiger partial charge is 0.481 e. The maximum atomic E-state index is 13.0. The van der Waals surface area contributed by atoms with Crippen LogP contribution in [0.25, 0.3) is 0 Å². The molecule has 0 aliphatic heterocycles. The smallest absolute Gasteiger partial charge is 0.309 e. The van der Waals surface area contributed by atoms with Crippen LogP contribution in [0.2, 0.25) is 0 Å². The highest BCUT2D eigenvalue weighted by atomic mass is 16.4. The van der Waals surface area contributed by atoms with Crippen LogP contribution in [0, 0.1) is 23.7 Å². The van der Waals surface area contributed by atoms with Gasteiger partial charge in [-0.1, -0.05) is 26.0 Å². The van der Waals surface area contributed by atoms with Gasteiger partial charge in [0.05, 0.1) is 23.0 Å². The summed E-state index contributed by atoms with van der Waals surface area (Å²) in [6, 6.07) is 11.0. The number of anilines is 1. The molecule has 1 fully saturated rings. The Bertz CT molecular complexity index is 928. The highest BCUT2D eigenvalue weighted by Gasteiger charge is 2.58. The summed E-state index contributed by atoms with van der Waals surface area (Å²) in [5.41, 5.74) is -0.384. The molecule has 2 unspecified atom stereocenters. The van der Waals surface area contributed by atoms with E-state index in [0.29, 0.717) is 30.0 Å². The van der Waals surface area contributed by atoms with Crippen molar-refractivity contribution in [3.63, 3.8) is 0 Å². The fraction of sp³-hybridized carbons (Fsp3) is 0.409. The van der Waals surface area contributed by atoms with E-state index < -0.39 is 22.7 Å². The number of aliphatic imine (C=N–C) groups is 1. The molecule has 1 aromatic carbocycles. The van der Waals surface area contributed by atoms with Crippen LogP contribution < -0.4 is 5.32 Å². The van der Waals surface area contributed by atoms with Crippen molar-refractivity contribution in [1.29, 1.82) is 0 Å². The molecule has 1 saturated carbocycles. The summed E-state index contributed by atoms with van der Waals surface area (Å²) in [6.45, 7) is 7.31. The van der Waals surface area contributed by atoms with Gasteiger partial charge in [-0.15, -0.1) is 0 Å². The molecule has 2 aromatic rings. The molecule has 2 N–H and O–H groups in total. The third-order valence-electron chi connectivity index (χ3n) is 6.27. The summed E-state index contributed by atoms with van der Waals surface area (Å²) < 4.78 is 5.49. The van der Waals surface area contributed by atoms with Gasteiger partial charge in [0.25, 0.3) is 0 Å². The van der Waals surface area contributed by atoms with Gasteiger partial charge in [0.1, 0.15) is 11.5 Å². The molecule has 0 spiro atoms. The van der Waals surface area contributed by atoms with Crippen LogP contribution in [-0.4, -0.2) is 23.2 Å². The second-order valence-electron chi connectivity index (χ2n) is 8.16. The molecule has 6 nitrogen and oxygen atoms in total. The molecule has 1 aliphatic carbocycles. The van der Waals surface area contributed by atoms with Crippen molar-refractivity contribution in [2.24, 2.45) is 21.7 Å². The summed E-state index contributed by atoms with van der Waals surface area (Å²) >= 11 is 0. The molecular formula is C22H26N2O4. The van der Waals surface area contributed by atoms with Gasteiger partial charge in [-0.25, -0.2) is 0 Å². The normalized spacial score (nSPS) is 23.8. The number of hydrogen-bond donors (Lipinski definition) is 2. The quantitative estimate of drug-likeness (QED) is 0.726. The number of carboxylic acids is 1. The molecule has 1 aliphatic rings. The van der Waals surface area contributed by atoms with Crippen LogP contribution in [0.1, 0.15) is 45.1 Å². The number of para-hydroxylation sites is 2. The SMILES string of the molecule is Cc1ccc(C=Nc2ccccc2NC(=O)C2CCC(C)(C(=O)O)C2(C)C)o1. The molecule has 6 heteroatoms. The first-order valence-electron chi connectivity index (χ1n) is 9.39. The van der Waals surface area contributed by atoms with E-state index in [-0.39, 0.29) is 5.91 Å². The van der Waals surface area contributed by atoms with E-state index in [1.165, 1.54) is 0 Å². The number of nitrogens with one attached hydrogen (secondary N) is 1. The molecule has 148 valence electrons. The van der Waals surface area contributed by atoms with Crippen molar-refractivity contribution >= 4 is 29.5 Å². The van der Waals surface area contributed by atoms with E-state index in [9.17, 15) is 14.7 Å². The Balaban J connectivity index is 1.80. The minimum atomic E-state index is -0.927. The zero-order valence-corrected chi connectivity index (χ0v) is 16.7. The number of carboxylic acid groups (broad SMARTS) is 1. The Morgan fingerprint density at radius 1 is 1.21 bits per heavy atom. The molecule has 1 heterocycles. The van der Waals surface area contributed by atoms with E-state index in [2.05, 4.69) is 10.3 Å². The first-order chi connectivity index (χ1) is 13.1. The fourth-order valence-corrected chi connectivity index (χ4v) is 3.91. The van der Waals surface area contributed by atoms with Crippen molar-refractivity contribution in [3.8, 4) is 0 Å². The number of aliphatic carboxylic acids is 1. The summed E-state index contributed by atoms with van der Waals surface area (Å²) in [5, 5.41) is 12.6. The average Bonchev–Trinajstić information content (AvgIpc) is 3.15. The lowest BCUT2D eigenvalue weighted by Crippen LogP contribution is -2.43.